The van der Waals surface area contributed by atoms with Crippen LogP contribution < -0.4 is 4.72 Å². The Hall–Kier alpha value is -2.12. The molecule has 0 saturated carbocycles. The van der Waals surface area contributed by atoms with E-state index < -0.39 is 16.0 Å². The van der Waals surface area contributed by atoms with Gasteiger partial charge in [-0.1, -0.05) is 6.07 Å². The van der Waals surface area contributed by atoms with Gasteiger partial charge in [-0.2, -0.15) is 0 Å². The van der Waals surface area contributed by atoms with E-state index in [2.05, 4.69) is 4.72 Å². The Labute approximate surface area is 122 Å². The zero-order valence-electron chi connectivity index (χ0n) is 11.6. The molecule has 0 aliphatic rings. The average Bonchev–Trinajstić information content (AvgIpc) is 2.88. The minimum Gasteiger partial charge on any atom is -0.478 e. The lowest BCUT2D eigenvalue weighted by Gasteiger charge is -2.11. The predicted octanol–water partition coefficient (Wildman–Crippen LogP) is 2.07. The van der Waals surface area contributed by atoms with E-state index in [0.29, 0.717) is 16.7 Å². The van der Waals surface area contributed by atoms with Crippen molar-refractivity contribution in [2.24, 2.45) is 0 Å². The first-order chi connectivity index (χ1) is 9.81. The van der Waals surface area contributed by atoms with Crippen LogP contribution in [0.15, 0.2) is 40.0 Å². The van der Waals surface area contributed by atoms with Gasteiger partial charge in [-0.15, -0.1) is 0 Å². The Balaban J connectivity index is 2.35. The summed E-state index contributed by atoms with van der Waals surface area (Å²) in [4.78, 5) is 11.1. The van der Waals surface area contributed by atoms with Gasteiger partial charge in [0.25, 0.3) is 0 Å². The molecule has 112 valence electrons. The second kappa shape index (κ2) is 5.71. The summed E-state index contributed by atoms with van der Waals surface area (Å²) >= 11 is 0. The molecule has 0 bridgehead atoms. The molecule has 2 rings (SSSR count). The number of carbonyl (C=O) groups is 1. The molecule has 0 amide bonds. The van der Waals surface area contributed by atoms with E-state index in [0.717, 1.165) is 0 Å². The van der Waals surface area contributed by atoms with Crippen LogP contribution in [0.3, 0.4) is 0 Å². The molecular weight excluding hydrogens is 294 g/mol. The topological polar surface area (TPSA) is 96.6 Å². The molecule has 0 aliphatic carbocycles. The maximum Gasteiger partial charge on any atom is 0.335 e. The van der Waals surface area contributed by atoms with Crippen LogP contribution >= 0.6 is 0 Å². The highest BCUT2D eigenvalue weighted by Gasteiger charge is 2.20. The van der Waals surface area contributed by atoms with Crippen molar-refractivity contribution >= 4 is 16.0 Å². The first-order valence-electron chi connectivity index (χ1n) is 6.16. The van der Waals surface area contributed by atoms with Gasteiger partial charge in [0.2, 0.25) is 10.0 Å². The SMILES string of the molecule is Cc1cc(C)c(S(=O)(=O)NCc2ccoc2)cc1C(=O)O. The number of rotatable bonds is 5. The predicted molar refractivity (Wildman–Crippen MR) is 75.6 cm³/mol. The van der Waals surface area contributed by atoms with Crippen molar-refractivity contribution in [2.45, 2.75) is 25.3 Å². The second-order valence-electron chi connectivity index (χ2n) is 4.69. The minimum absolute atomic E-state index is 0.0238. The quantitative estimate of drug-likeness (QED) is 0.881. The number of benzene rings is 1. The third kappa shape index (κ3) is 3.32. The van der Waals surface area contributed by atoms with E-state index in [-0.39, 0.29) is 17.0 Å². The molecule has 0 atom stereocenters. The van der Waals surface area contributed by atoms with E-state index in [4.69, 9.17) is 9.52 Å². The number of aromatic carboxylic acids is 1. The summed E-state index contributed by atoms with van der Waals surface area (Å²) in [7, 11) is -3.79. The Morgan fingerprint density at radius 1 is 1.29 bits per heavy atom. The summed E-state index contributed by atoms with van der Waals surface area (Å²) < 4.78 is 31.9. The average molecular weight is 309 g/mol. The maximum atomic E-state index is 12.3. The zero-order chi connectivity index (χ0) is 15.6. The van der Waals surface area contributed by atoms with Gasteiger partial charge in [0.05, 0.1) is 23.0 Å². The van der Waals surface area contributed by atoms with Gasteiger partial charge in [-0.3, -0.25) is 0 Å². The standard InChI is InChI=1S/C14H15NO5S/c1-9-5-10(2)13(6-12(9)14(16)17)21(18,19)15-7-11-3-4-20-8-11/h3-6,8,15H,7H2,1-2H3,(H,16,17). The largest absolute Gasteiger partial charge is 0.478 e. The van der Waals surface area contributed by atoms with Gasteiger partial charge in [0, 0.05) is 12.1 Å². The lowest BCUT2D eigenvalue weighted by Crippen LogP contribution is -2.24. The highest BCUT2D eigenvalue weighted by molar-refractivity contribution is 7.89. The summed E-state index contributed by atoms with van der Waals surface area (Å²) in [6, 6.07) is 4.38. The van der Waals surface area contributed by atoms with Crippen LogP contribution in [0.2, 0.25) is 0 Å². The van der Waals surface area contributed by atoms with Crippen LogP contribution in [0.1, 0.15) is 27.0 Å². The fraction of sp³-hybridized carbons (Fsp3) is 0.214. The molecule has 0 radical (unpaired) electrons. The summed E-state index contributed by atoms with van der Waals surface area (Å²) in [5, 5.41) is 9.10. The van der Waals surface area contributed by atoms with E-state index in [9.17, 15) is 13.2 Å². The molecule has 1 aromatic carbocycles. The first-order valence-corrected chi connectivity index (χ1v) is 7.65. The van der Waals surface area contributed by atoms with Crippen LogP contribution in [0, 0.1) is 13.8 Å². The molecule has 0 spiro atoms. The normalized spacial score (nSPS) is 11.5. The maximum absolute atomic E-state index is 12.3. The van der Waals surface area contributed by atoms with Gasteiger partial charge in [0.15, 0.2) is 0 Å². The molecule has 0 fully saturated rings. The number of nitrogens with one attached hydrogen (secondary N) is 1. The van der Waals surface area contributed by atoms with Gasteiger partial charge in [-0.25, -0.2) is 17.9 Å². The molecule has 7 heteroatoms. The number of sulfonamides is 1. The number of aryl methyl sites for hydroxylation is 2. The monoisotopic (exact) mass is 309 g/mol. The van der Waals surface area contributed by atoms with Crippen LogP contribution in [-0.2, 0) is 16.6 Å². The number of carboxylic acids is 1. The summed E-state index contributed by atoms with van der Waals surface area (Å²) in [6.45, 7) is 3.34. The third-order valence-electron chi connectivity index (χ3n) is 3.09. The molecule has 0 unspecified atom stereocenters. The smallest absolute Gasteiger partial charge is 0.335 e. The van der Waals surface area contributed by atoms with E-state index in [1.807, 2.05) is 0 Å². The van der Waals surface area contributed by atoms with Crippen molar-refractivity contribution in [3.05, 3.63) is 53.0 Å². The lowest BCUT2D eigenvalue weighted by molar-refractivity contribution is 0.0696. The Morgan fingerprint density at radius 3 is 2.57 bits per heavy atom. The number of hydrogen-bond acceptors (Lipinski definition) is 4. The van der Waals surface area contributed by atoms with Crippen molar-refractivity contribution in [3.8, 4) is 0 Å². The Kier molecular flexibility index (Phi) is 4.15. The van der Waals surface area contributed by atoms with Crippen LogP contribution in [-0.4, -0.2) is 19.5 Å². The molecule has 1 heterocycles. The van der Waals surface area contributed by atoms with Gasteiger partial charge in [-0.05, 0) is 37.1 Å². The number of carboxylic acid groups (broad SMARTS) is 1. The highest BCUT2D eigenvalue weighted by Crippen LogP contribution is 2.21. The lowest BCUT2D eigenvalue weighted by atomic mass is 10.1. The fourth-order valence-electron chi connectivity index (χ4n) is 2.00. The summed E-state index contributed by atoms with van der Waals surface area (Å²) in [6.07, 6.45) is 2.89. The third-order valence-corrected chi connectivity index (χ3v) is 4.63. The molecule has 0 saturated heterocycles. The van der Waals surface area contributed by atoms with Crippen molar-refractivity contribution < 1.29 is 22.7 Å². The molecule has 6 nitrogen and oxygen atoms in total. The molecule has 0 aliphatic heterocycles. The zero-order valence-corrected chi connectivity index (χ0v) is 12.4. The van der Waals surface area contributed by atoms with Crippen LogP contribution in [0.5, 0.6) is 0 Å². The molecule has 2 aromatic rings. The minimum atomic E-state index is -3.79. The molecule has 2 N–H and O–H groups in total. The first kappa shape index (κ1) is 15.3. The second-order valence-corrected chi connectivity index (χ2v) is 6.43. The van der Waals surface area contributed by atoms with Gasteiger partial charge < -0.3 is 9.52 Å². The van der Waals surface area contributed by atoms with E-state index in [1.54, 1.807) is 26.0 Å². The molecule has 1 aromatic heterocycles. The van der Waals surface area contributed by atoms with E-state index in [1.165, 1.54) is 18.6 Å². The van der Waals surface area contributed by atoms with Gasteiger partial charge in [0.1, 0.15) is 0 Å². The Bertz CT molecular complexity index is 763. The Morgan fingerprint density at radius 2 is 2.00 bits per heavy atom. The summed E-state index contributed by atoms with van der Waals surface area (Å²) in [5.74, 6) is -1.15. The van der Waals surface area contributed by atoms with Crippen LogP contribution in [0.25, 0.3) is 0 Å². The molecule has 21 heavy (non-hydrogen) atoms. The number of furan rings is 1. The fourth-order valence-corrected chi connectivity index (χ4v) is 3.27. The summed E-state index contributed by atoms with van der Waals surface area (Å²) in [5.41, 5.74) is 1.68. The number of hydrogen-bond donors (Lipinski definition) is 2. The van der Waals surface area contributed by atoms with Gasteiger partial charge >= 0.3 is 5.97 Å². The van der Waals surface area contributed by atoms with Crippen molar-refractivity contribution in [2.75, 3.05) is 0 Å². The van der Waals surface area contributed by atoms with Crippen LogP contribution in [0.4, 0.5) is 0 Å². The van der Waals surface area contributed by atoms with Crippen molar-refractivity contribution in [3.63, 3.8) is 0 Å². The highest BCUT2D eigenvalue weighted by atomic mass is 32.2. The van der Waals surface area contributed by atoms with Crippen molar-refractivity contribution in [1.82, 2.24) is 4.72 Å². The molecular formula is C14H15NO5S. The van der Waals surface area contributed by atoms with E-state index >= 15 is 0 Å². The van der Waals surface area contributed by atoms with Crippen molar-refractivity contribution in [1.29, 1.82) is 0 Å².